The van der Waals surface area contributed by atoms with Crippen LogP contribution in [0.4, 0.5) is 5.69 Å². The van der Waals surface area contributed by atoms with E-state index in [-0.39, 0.29) is 0 Å². The molecule has 4 rings (SSSR count). The van der Waals surface area contributed by atoms with Crippen molar-refractivity contribution >= 4 is 17.4 Å². The monoisotopic (exact) mass is 281 g/mol. The normalized spacial score (nSPS) is 23.4. The smallest absolute Gasteiger partial charge is 0.0385 e. The highest BCUT2D eigenvalue weighted by atomic mass is 32.2. The molecule has 102 valence electrons. The molecule has 2 heteroatoms. The predicted octanol–water partition coefficient (Wildman–Crippen LogP) is 4.56. The van der Waals surface area contributed by atoms with Gasteiger partial charge in [0.05, 0.1) is 0 Å². The van der Waals surface area contributed by atoms with E-state index in [0.29, 0.717) is 6.04 Å². The first-order valence-corrected chi connectivity index (χ1v) is 8.45. The third kappa shape index (κ3) is 2.03. The maximum Gasteiger partial charge on any atom is 0.0385 e. The summed E-state index contributed by atoms with van der Waals surface area (Å²) in [6, 6.07) is 16.3. The minimum absolute atomic E-state index is 0.627. The van der Waals surface area contributed by atoms with Crippen LogP contribution in [0.15, 0.2) is 42.5 Å². The Balaban J connectivity index is 1.62. The summed E-state index contributed by atoms with van der Waals surface area (Å²) in [5.41, 5.74) is 7.05. The Kier molecular flexibility index (Phi) is 2.99. The van der Waals surface area contributed by atoms with Crippen molar-refractivity contribution in [1.82, 2.24) is 0 Å². The molecule has 2 aromatic carbocycles. The van der Waals surface area contributed by atoms with Crippen LogP contribution < -0.4 is 5.32 Å². The molecule has 1 saturated heterocycles. The highest BCUT2D eigenvalue weighted by Crippen LogP contribution is 2.38. The van der Waals surface area contributed by atoms with Crippen LogP contribution in [0.5, 0.6) is 0 Å². The minimum atomic E-state index is 0.627. The number of anilines is 1. The van der Waals surface area contributed by atoms with E-state index in [0.717, 1.165) is 11.7 Å². The first-order valence-electron chi connectivity index (χ1n) is 7.40. The zero-order valence-electron chi connectivity index (χ0n) is 11.7. The summed E-state index contributed by atoms with van der Waals surface area (Å²) in [5.74, 6) is 1.29. The number of thioether (sulfide) groups is 1. The number of benzene rings is 2. The first kappa shape index (κ1) is 12.3. The fourth-order valence-corrected chi connectivity index (χ4v) is 4.57. The standard InChI is InChI=1S/C18H19NS/c1-12-18(8-9-20-12)19-15-6-7-17-14(11-15)10-13-4-2-3-5-16(13)17/h2-7,11-12,18-19H,8-10H2,1H3. The van der Waals surface area contributed by atoms with Crippen LogP contribution in [0.25, 0.3) is 11.1 Å². The molecule has 2 aliphatic rings. The van der Waals surface area contributed by atoms with Gasteiger partial charge >= 0.3 is 0 Å². The van der Waals surface area contributed by atoms with Crippen molar-refractivity contribution in [3.05, 3.63) is 53.6 Å². The molecular weight excluding hydrogens is 262 g/mol. The van der Waals surface area contributed by atoms with Crippen LogP contribution in [0.3, 0.4) is 0 Å². The van der Waals surface area contributed by atoms with E-state index in [1.807, 2.05) is 0 Å². The number of fused-ring (bicyclic) bond motifs is 3. The maximum atomic E-state index is 3.73. The molecule has 0 amide bonds. The van der Waals surface area contributed by atoms with Gasteiger partial charge in [0.2, 0.25) is 0 Å². The molecule has 0 radical (unpaired) electrons. The lowest BCUT2D eigenvalue weighted by Crippen LogP contribution is -2.24. The minimum Gasteiger partial charge on any atom is -0.381 e. The lowest BCUT2D eigenvalue weighted by molar-refractivity contribution is 0.724. The van der Waals surface area contributed by atoms with E-state index in [2.05, 4.69) is 66.5 Å². The third-order valence-corrected chi connectivity index (χ3v) is 5.85. The molecule has 0 aromatic heterocycles. The SMILES string of the molecule is CC1SCCC1Nc1ccc2c(c1)Cc1ccccc1-2. The highest BCUT2D eigenvalue weighted by molar-refractivity contribution is 8.00. The number of rotatable bonds is 2. The molecule has 1 N–H and O–H groups in total. The molecule has 1 fully saturated rings. The number of hydrogen-bond donors (Lipinski definition) is 1. The lowest BCUT2D eigenvalue weighted by Gasteiger charge is -2.18. The molecule has 1 heterocycles. The van der Waals surface area contributed by atoms with Gasteiger partial charge in [-0.2, -0.15) is 11.8 Å². The molecular formula is C18H19NS. The Morgan fingerprint density at radius 2 is 1.90 bits per heavy atom. The molecule has 0 spiro atoms. The van der Waals surface area contributed by atoms with E-state index in [9.17, 15) is 0 Å². The van der Waals surface area contributed by atoms with Crippen molar-refractivity contribution in [2.45, 2.75) is 31.1 Å². The summed E-state index contributed by atoms with van der Waals surface area (Å²) < 4.78 is 0. The third-order valence-electron chi connectivity index (χ3n) is 4.52. The summed E-state index contributed by atoms with van der Waals surface area (Å²) in [4.78, 5) is 0. The van der Waals surface area contributed by atoms with E-state index in [1.54, 1.807) is 0 Å². The summed E-state index contributed by atoms with van der Waals surface area (Å²) >= 11 is 2.08. The van der Waals surface area contributed by atoms with E-state index in [4.69, 9.17) is 0 Å². The van der Waals surface area contributed by atoms with Crippen molar-refractivity contribution in [3.8, 4) is 11.1 Å². The predicted molar refractivity (Wildman–Crippen MR) is 88.6 cm³/mol. The van der Waals surface area contributed by atoms with E-state index < -0.39 is 0 Å². The summed E-state index contributed by atoms with van der Waals surface area (Å²) in [6.07, 6.45) is 2.36. The van der Waals surface area contributed by atoms with Gasteiger partial charge in [0.25, 0.3) is 0 Å². The Bertz CT molecular complexity index is 650. The summed E-state index contributed by atoms with van der Waals surface area (Å²) in [6.45, 7) is 2.33. The highest BCUT2D eigenvalue weighted by Gasteiger charge is 2.24. The lowest BCUT2D eigenvalue weighted by atomic mass is 10.0. The molecule has 2 atom stereocenters. The van der Waals surface area contributed by atoms with Gasteiger partial charge in [-0.05, 0) is 53.0 Å². The zero-order chi connectivity index (χ0) is 13.5. The number of hydrogen-bond acceptors (Lipinski definition) is 2. The van der Waals surface area contributed by atoms with Gasteiger partial charge in [0, 0.05) is 17.0 Å². The zero-order valence-corrected chi connectivity index (χ0v) is 12.5. The van der Waals surface area contributed by atoms with Gasteiger partial charge in [0.15, 0.2) is 0 Å². The quantitative estimate of drug-likeness (QED) is 0.739. The number of nitrogens with one attached hydrogen (secondary N) is 1. The second-order valence-electron chi connectivity index (χ2n) is 5.82. The molecule has 20 heavy (non-hydrogen) atoms. The summed E-state index contributed by atoms with van der Waals surface area (Å²) in [5, 5.41) is 4.45. The molecule has 1 nitrogen and oxygen atoms in total. The van der Waals surface area contributed by atoms with Gasteiger partial charge in [-0.3, -0.25) is 0 Å². The van der Waals surface area contributed by atoms with Crippen molar-refractivity contribution < 1.29 is 0 Å². The molecule has 0 bridgehead atoms. The van der Waals surface area contributed by atoms with Crippen molar-refractivity contribution in [3.63, 3.8) is 0 Å². The van der Waals surface area contributed by atoms with Crippen molar-refractivity contribution in [1.29, 1.82) is 0 Å². The van der Waals surface area contributed by atoms with Gasteiger partial charge in [-0.25, -0.2) is 0 Å². The van der Waals surface area contributed by atoms with Crippen LogP contribution in [0.2, 0.25) is 0 Å². The van der Waals surface area contributed by atoms with Crippen molar-refractivity contribution in [2.24, 2.45) is 0 Å². The fraction of sp³-hybridized carbons (Fsp3) is 0.333. The van der Waals surface area contributed by atoms with Gasteiger partial charge in [-0.1, -0.05) is 37.3 Å². The fourth-order valence-electron chi connectivity index (χ4n) is 3.37. The van der Waals surface area contributed by atoms with Crippen LogP contribution in [-0.4, -0.2) is 17.0 Å². The molecule has 2 unspecified atom stereocenters. The Hall–Kier alpha value is -1.41. The summed E-state index contributed by atoms with van der Waals surface area (Å²) in [7, 11) is 0. The Morgan fingerprint density at radius 1 is 1.05 bits per heavy atom. The Labute approximate surface area is 124 Å². The average Bonchev–Trinajstić information content (AvgIpc) is 3.02. The van der Waals surface area contributed by atoms with E-state index in [1.165, 1.54) is 40.1 Å². The van der Waals surface area contributed by atoms with Crippen LogP contribution in [-0.2, 0) is 6.42 Å². The largest absolute Gasteiger partial charge is 0.381 e. The maximum absolute atomic E-state index is 3.73. The van der Waals surface area contributed by atoms with Gasteiger partial charge in [0.1, 0.15) is 0 Å². The molecule has 1 aliphatic carbocycles. The molecule has 2 aromatic rings. The average molecular weight is 281 g/mol. The van der Waals surface area contributed by atoms with Gasteiger partial charge in [-0.15, -0.1) is 0 Å². The second-order valence-corrected chi connectivity index (χ2v) is 7.31. The Morgan fingerprint density at radius 3 is 2.75 bits per heavy atom. The molecule has 0 saturated carbocycles. The van der Waals surface area contributed by atoms with Crippen molar-refractivity contribution in [2.75, 3.05) is 11.1 Å². The first-order chi connectivity index (χ1) is 9.81. The molecule has 1 aliphatic heterocycles. The van der Waals surface area contributed by atoms with E-state index >= 15 is 0 Å². The van der Waals surface area contributed by atoms with Crippen LogP contribution in [0, 0.1) is 0 Å². The van der Waals surface area contributed by atoms with Crippen LogP contribution in [0.1, 0.15) is 24.5 Å². The van der Waals surface area contributed by atoms with Crippen LogP contribution >= 0.6 is 11.8 Å². The second kappa shape index (κ2) is 4.85. The topological polar surface area (TPSA) is 12.0 Å². The van der Waals surface area contributed by atoms with Gasteiger partial charge < -0.3 is 5.32 Å².